The smallest absolute Gasteiger partial charge is 0.229 e. The van der Waals surface area contributed by atoms with E-state index in [-0.39, 0.29) is 0 Å². The summed E-state index contributed by atoms with van der Waals surface area (Å²) in [6.45, 7) is 4.01. The molecular weight excluding hydrogens is 396 g/mol. The van der Waals surface area contributed by atoms with Crippen LogP contribution in [0.1, 0.15) is 17.5 Å². The topological polar surface area (TPSA) is 85.7 Å². The van der Waals surface area contributed by atoms with Gasteiger partial charge in [0.25, 0.3) is 0 Å². The lowest BCUT2D eigenvalue weighted by Crippen LogP contribution is -2.23. The molecule has 0 bridgehead atoms. The lowest BCUT2D eigenvalue weighted by Gasteiger charge is -2.16. The summed E-state index contributed by atoms with van der Waals surface area (Å²) in [5, 5.41) is 20.4. The number of benzene rings is 3. The third-order valence-electron chi connectivity index (χ3n) is 5.75. The van der Waals surface area contributed by atoms with E-state index in [0.29, 0.717) is 17.6 Å². The number of nitriles is 1. The fourth-order valence-electron chi connectivity index (χ4n) is 3.95. The SMILES string of the molecule is Cc1ccc(Nc2nc(N[C@@H]3CCNC3)c3ccc(-c4ccc(C#N)cc4)cc3n2)cc1. The third-order valence-corrected chi connectivity index (χ3v) is 5.75. The van der Waals surface area contributed by atoms with Gasteiger partial charge < -0.3 is 16.0 Å². The zero-order chi connectivity index (χ0) is 21.9. The maximum Gasteiger partial charge on any atom is 0.229 e. The largest absolute Gasteiger partial charge is 0.365 e. The van der Waals surface area contributed by atoms with Crippen molar-refractivity contribution in [2.45, 2.75) is 19.4 Å². The molecule has 1 aliphatic rings. The molecule has 6 heteroatoms. The zero-order valence-electron chi connectivity index (χ0n) is 17.9. The first-order chi connectivity index (χ1) is 15.7. The van der Waals surface area contributed by atoms with Gasteiger partial charge in [-0.3, -0.25) is 0 Å². The highest BCUT2D eigenvalue weighted by Gasteiger charge is 2.17. The molecule has 0 saturated carbocycles. The Morgan fingerprint density at radius 1 is 0.969 bits per heavy atom. The Labute approximate surface area is 187 Å². The number of nitrogens with one attached hydrogen (secondary N) is 3. The van der Waals surface area contributed by atoms with Crippen LogP contribution in [0.2, 0.25) is 0 Å². The second kappa shape index (κ2) is 8.66. The highest BCUT2D eigenvalue weighted by atomic mass is 15.2. The molecule has 2 heterocycles. The molecule has 3 N–H and O–H groups in total. The van der Waals surface area contributed by atoms with Crippen molar-refractivity contribution in [2.24, 2.45) is 0 Å². The molecule has 3 aromatic carbocycles. The molecule has 32 heavy (non-hydrogen) atoms. The summed E-state index contributed by atoms with van der Waals surface area (Å²) in [7, 11) is 0. The van der Waals surface area contributed by atoms with Gasteiger partial charge >= 0.3 is 0 Å². The number of fused-ring (bicyclic) bond motifs is 1. The third kappa shape index (κ3) is 4.25. The van der Waals surface area contributed by atoms with Crippen LogP contribution in [0.3, 0.4) is 0 Å². The Kier molecular flexibility index (Phi) is 5.40. The lowest BCUT2D eigenvalue weighted by atomic mass is 10.0. The molecule has 0 amide bonds. The van der Waals surface area contributed by atoms with Crippen LogP contribution in [0, 0.1) is 18.3 Å². The fourth-order valence-corrected chi connectivity index (χ4v) is 3.95. The molecule has 5 rings (SSSR count). The molecule has 4 aromatic rings. The van der Waals surface area contributed by atoms with E-state index < -0.39 is 0 Å². The predicted octanol–water partition coefficient (Wildman–Crippen LogP) is 4.99. The van der Waals surface area contributed by atoms with Crippen LogP contribution in [0.5, 0.6) is 0 Å². The Bertz CT molecular complexity index is 1280. The number of rotatable bonds is 5. The van der Waals surface area contributed by atoms with E-state index >= 15 is 0 Å². The molecule has 1 fully saturated rings. The number of hydrogen-bond donors (Lipinski definition) is 3. The molecule has 0 unspecified atom stereocenters. The van der Waals surface area contributed by atoms with Crippen LogP contribution in [0.25, 0.3) is 22.0 Å². The maximum absolute atomic E-state index is 9.07. The lowest BCUT2D eigenvalue weighted by molar-refractivity contribution is 0.789. The maximum atomic E-state index is 9.07. The predicted molar refractivity (Wildman–Crippen MR) is 129 cm³/mol. The van der Waals surface area contributed by atoms with Gasteiger partial charge in [-0.05, 0) is 67.4 Å². The van der Waals surface area contributed by atoms with Crippen LogP contribution in [-0.4, -0.2) is 29.1 Å². The number of anilines is 3. The average Bonchev–Trinajstić information content (AvgIpc) is 3.33. The molecule has 6 nitrogen and oxygen atoms in total. The van der Waals surface area contributed by atoms with Crippen molar-refractivity contribution >= 4 is 28.4 Å². The minimum Gasteiger partial charge on any atom is -0.365 e. The first-order valence-corrected chi connectivity index (χ1v) is 10.8. The van der Waals surface area contributed by atoms with Crippen molar-refractivity contribution in [3.63, 3.8) is 0 Å². The van der Waals surface area contributed by atoms with Crippen molar-refractivity contribution in [1.82, 2.24) is 15.3 Å². The summed E-state index contributed by atoms with van der Waals surface area (Å²) >= 11 is 0. The van der Waals surface area contributed by atoms with Gasteiger partial charge in [-0.25, -0.2) is 4.98 Å². The van der Waals surface area contributed by atoms with Crippen molar-refractivity contribution in [3.05, 3.63) is 77.9 Å². The van der Waals surface area contributed by atoms with Gasteiger partial charge in [-0.15, -0.1) is 0 Å². The fraction of sp³-hybridized carbons (Fsp3) is 0.192. The summed E-state index contributed by atoms with van der Waals surface area (Å²) in [5.41, 5.74) is 5.77. The van der Waals surface area contributed by atoms with Crippen LogP contribution in [0.4, 0.5) is 17.5 Å². The van der Waals surface area contributed by atoms with Crippen LogP contribution in [-0.2, 0) is 0 Å². The van der Waals surface area contributed by atoms with E-state index in [1.54, 1.807) is 0 Å². The van der Waals surface area contributed by atoms with Gasteiger partial charge in [0, 0.05) is 23.7 Å². The molecule has 0 spiro atoms. The monoisotopic (exact) mass is 420 g/mol. The van der Waals surface area contributed by atoms with E-state index in [4.69, 9.17) is 15.2 Å². The van der Waals surface area contributed by atoms with Crippen molar-refractivity contribution in [1.29, 1.82) is 5.26 Å². The quantitative estimate of drug-likeness (QED) is 0.422. The van der Waals surface area contributed by atoms with Gasteiger partial charge in [0.05, 0.1) is 17.1 Å². The van der Waals surface area contributed by atoms with Crippen LogP contribution >= 0.6 is 0 Å². The highest BCUT2D eigenvalue weighted by Crippen LogP contribution is 2.29. The molecule has 1 saturated heterocycles. The molecule has 0 radical (unpaired) electrons. The molecular formula is C26H24N6. The summed E-state index contributed by atoms with van der Waals surface area (Å²) < 4.78 is 0. The Morgan fingerprint density at radius 3 is 2.47 bits per heavy atom. The van der Waals surface area contributed by atoms with Gasteiger partial charge in [0.1, 0.15) is 5.82 Å². The average molecular weight is 421 g/mol. The van der Waals surface area contributed by atoms with Crippen molar-refractivity contribution in [2.75, 3.05) is 23.7 Å². The normalized spacial score (nSPS) is 15.4. The van der Waals surface area contributed by atoms with E-state index in [2.05, 4.69) is 59.3 Å². The van der Waals surface area contributed by atoms with Gasteiger partial charge in [-0.2, -0.15) is 10.2 Å². The van der Waals surface area contributed by atoms with E-state index in [1.807, 2.05) is 36.4 Å². The van der Waals surface area contributed by atoms with Crippen LogP contribution in [0.15, 0.2) is 66.7 Å². The van der Waals surface area contributed by atoms with Crippen LogP contribution < -0.4 is 16.0 Å². The standard InChI is InChI=1S/C26H24N6/c1-17-2-9-21(10-3-17)30-26-31-24-14-20(19-6-4-18(15-27)5-7-19)8-11-23(24)25(32-26)29-22-12-13-28-16-22/h2-11,14,22,28H,12-13,16H2,1H3,(H2,29,30,31,32)/t22-/m1/s1. The molecule has 1 aromatic heterocycles. The van der Waals surface area contributed by atoms with Crippen molar-refractivity contribution < 1.29 is 0 Å². The van der Waals surface area contributed by atoms with Gasteiger partial charge in [-0.1, -0.05) is 35.9 Å². The molecule has 0 aliphatic carbocycles. The van der Waals surface area contributed by atoms with Gasteiger partial charge in [0.2, 0.25) is 5.95 Å². The van der Waals surface area contributed by atoms with E-state index in [0.717, 1.165) is 53.0 Å². The Morgan fingerprint density at radius 2 is 1.75 bits per heavy atom. The Balaban J connectivity index is 1.55. The first-order valence-electron chi connectivity index (χ1n) is 10.8. The van der Waals surface area contributed by atoms with E-state index in [9.17, 15) is 0 Å². The molecule has 158 valence electrons. The van der Waals surface area contributed by atoms with Crippen molar-refractivity contribution in [3.8, 4) is 17.2 Å². The molecule has 1 atom stereocenters. The zero-order valence-corrected chi connectivity index (χ0v) is 17.9. The highest BCUT2D eigenvalue weighted by molar-refractivity contribution is 5.93. The number of hydrogen-bond acceptors (Lipinski definition) is 6. The Hall–Kier alpha value is -3.95. The summed E-state index contributed by atoms with van der Waals surface area (Å²) in [4.78, 5) is 9.63. The summed E-state index contributed by atoms with van der Waals surface area (Å²) in [6.07, 6.45) is 1.07. The van der Waals surface area contributed by atoms with E-state index in [1.165, 1.54) is 5.56 Å². The second-order valence-corrected chi connectivity index (χ2v) is 8.14. The number of aryl methyl sites for hydroxylation is 1. The minimum atomic E-state index is 0.346. The summed E-state index contributed by atoms with van der Waals surface area (Å²) in [5.74, 6) is 1.40. The number of aromatic nitrogens is 2. The van der Waals surface area contributed by atoms with Gasteiger partial charge in [0.15, 0.2) is 0 Å². The molecule has 1 aliphatic heterocycles. The minimum absolute atomic E-state index is 0.346. The second-order valence-electron chi connectivity index (χ2n) is 8.14. The number of nitrogens with zero attached hydrogens (tertiary/aromatic N) is 3. The summed E-state index contributed by atoms with van der Waals surface area (Å²) in [6, 6.07) is 24.6. The first kappa shape index (κ1) is 20.0.